The van der Waals surface area contributed by atoms with Gasteiger partial charge in [0.05, 0.1) is 14.2 Å². The second-order valence-corrected chi connectivity index (χ2v) is 6.10. The molecule has 26 heavy (non-hydrogen) atoms. The number of methoxy groups -OCH3 is 2. The minimum atomic E-state index is 0.0349. The van der Waals surface area contributed by atoms with Crippen LogP contribution in [0.1, 0.15) is 17.5 Å². The van der Waals surface area contributed by atoms with Crippen molar-refractivity contribution in [3.8, 4) is 11.5 Å². The lowest BCUT2D eigenvalue weighted by Gasteiger charge is -2.11. The molecule has 0 heterocycles. The fraction of sp³-hybridized carbons (Fsp3) is 0.227. The van der Waals surface area contributed by atoms with Crippen LogP contribution < -0.4 is 14.8 Å². The van der Waals surface area contributed by atoms with Gasteiger partial charge in [-0.15, -0.1) is 0 Å². The molecule has 1 N–H and O–H groups in total. The van der Waals surface area contributed by atoms with E-state index in [1.165, 1.54) is 16.3 Å². The number of amides is 1. The van der Waals surface area contributed by atoms with Gasteiger partial charge in [-0.1, -0.05) is 48.5 Å². The van der Waals surface area contributed by atoms with Crippen LogP contribution in [0.5, 0.6) is 11.5 Å². The van der Waals surface area contributed by atoms with Crippen molar-refractivity contribution < 1.29 is 14.3 Å². The van der Waals surface area contributed by atoms with Crippen LogP contribution >= 0.6 is 0 Å². The number of rotatable bonds is 7. The van der Waals surface area contributed by atoms with Crippen molar-refractivity contribution in [3.63, 3.8) is 0 Å². The van der Waals surface area contributed by atoms with E-state index < -0.39 is 0 Å². The summed E-state index contributed by atoms with van der Waals surface area (Å²) in [6, 6.07) is 20.1. The van der Waals surface area contributed by atoms with E-state index in [1.54, 1.807) is 14.2 Å². The molecule has 4 heteroatoms. The van der Waals surface area contributed by atoms with Crippen LogP contribution in [0.2, 0.25) is 0 Å². The van der Waals surface area contributed by atoms with Crippen LogP contribution in [0, 0.1) is 0 Å². The van der Waals surface area contributed by atoms with E-state index in [0.717, 1.165) is 12.0 Å². The highest BCUT2D eigenvalue weighted by molar-refractivity contribution is 5.86. The Balaban J connectivity index is 1.58. The number of benzene rings is 3. The molecule has 3 aromatic carbocycles. The highest BCUT2D eigenvalue weighted by atomic mass is 16.5. The first kappa shape index (κ1) is 17.8. The Labute approximate surface area is 153 Å². The number of carbonyl (C=O) groups is 1. The topological polar surface area (TPSA) is 47.6 Å². The summed E-state index contributed by atoms with van der Waals surface area (Å²) in [5.74, 6) is 1.38. The van der Waals surface area contributed by atoms with E-state index in [2.05, 4.69) is 29.6 Å². The van der Waals surface area contributed by atoms with Gasteiger partial charge in [0.15, 0.2) is 11.5 Å². The number of carbonyl (C=O) groups excluding carboxylic acids is 1. The van der Waals surface area contributed by atoms with Gasteiger partial charge in [0.1, 0.15) is 0 Å². The Morgan fingerprint density at radius 2 is 1.69 bits per heavy atom. The van der Waals surface area contributed by atoms with Crippen molar-refractivity contribution in [2.45, 2.75) is 19.4 Å². The molecule has 0 saturated heterocycles. The van der Waals surface area contributed by atoms with Crippen LogP contribution in [-0.4, -0.2) is 20.1 Å². The zero-order chi connectivity index (χ0) is 18.4. The van der Waals surface area contributed by atoms with Gasteiger partial charge in [-0.2, -0.15) is 0 Å². The van der Waals surface area contributed by atoms with Crippen molar-refractivity contribution in [2.75, 3.05) is 14.2 Å². The van der Waals surface area contributed by atoms with E-state index in [9.17, 15) is 4.79 Å². The van der Waals surface area contributed by atoms with Gasteiger partial charge in [0.25, 0.3) is 0 Å². The quantitative estimate of drug-likeness (QED) is 0.698. The number of nitrogens with one attached hydrogen (secondary N) is 1. The molecule has 0 atom stereocenters. The molecule has 3 rings (SSSR count). The van der Waals surface area contributed by atoms with Gasteiger partial charge in [-0.05, 0) is 40.5 Å². The van der Waals surface area contributed by atoms with Gasteiger partial charge in [-0.25, -0.2) is 0 Å². The summed E-state index contributed by atoms with van der Waals surface area (Å²) >= 11 is 0. The number of hydrogen-bond donors (Lipinski definition) is 1. The largest absolute Gasteiger partial charge is 0.493 e. The average molecular weight is 349 g/mol. The molecule has 0 aliphatic carbocycles. The molecule has 0 saturated carbocycles. The first-order chi connectivity index (χ1) is 12.7. The Bertz CT molecular complexity index is 900. The lowest BCUT2D eigenvalue weighted by atomic mass is 10.0. The molecule has 0 spiro atoms. The maximum Gasteiger partial charge on any atom is 0.220 e. The first-order valence-corrected chi connectivity index (χ1v) is 8.65. The minimum absolute atomic E-state index is 0.0349. The Hall–Kier alpha value is -3.01. The Morgan fingerprint density at radius 3 is 2.50 bits per heavy atom. The third kappa shape index (κ3) is 4.14. The van der Waals surface area contributed by atoms with Crippen LogP contribution in [0.3, 0.4) is 0 Å². The second-order valence-electron chi connectivity index (χ2n) is 6.10. The van der Waals surface area contributed by atoms with Crippen LogP contribution in [0.15, 0.2) is 60.7 Å². The van der Waals surface area contributed by atoms with Crippen molar-refractivity contribution in [1.82, 2.24) is 5.32 Å². The molecule has 134 valence electrons. The maximum absolute atomic E-state index is 12.2. The van der Waals surface area contributed by atoms with E-state index >= 15 is 0 Å². The molecular formula is C22H23NO3. The third-order valence-electron chi connectivity index (χ3n) is 4.44. The number of fused-ring (bicyclic) bond motifs is 1. The van der Waals surface area contributed by atoms with Gasteiger partial charge >= 0.3 is 0 Å². The van der Waals surface area contributed by atoms with Gasteiger partial charge < -0.3 is 14.8 Å². The van der Waals surface area contributed by atoms with Crippen molar-refractivity contribution in [2.24, 2.45) is 0 Å². The predicted octanol–water partition coefficient (Wildman–Crippen LogP) is 4.11. The average Bonchev–Trinajstić information content (AvgIpc) is 2.70. The summed E-state index contributed by atoms with van der Waals surface area (Å²) in [6.45, 7) is 0.467. The molecule has 0 radical (unpaired) electrons. The van der Waals surface area contributed by atoms with Gasteiger partial charge in [-0.3, -0.25) is 4.79 Å². The summed E-state index contributed by atoms with van der Waals surface area (Å²) in [4.78, 5) is 12.2. The normalized spacial score (nSPS) is 10.5. The fourth-order valence-electron chi connectivity index (χ4n) is 3.04. The molecule has 0 fully saturated rings. The Morgan fingerprint density at radius 1 is 0.923 bits per heavy atom. The monoisotopic (exact) mass is 349 g/mol. The number of hydrogen-bond acceptors (Lipinski definition) is 3. The number of ether oxygens (including phenoxy) is 2. The molecule has 0 aliphatic heterocycles. The maximum atomic E-state index is 12.2. The molecule has 0 aliphatic rings. The smallest absolute Gasteiger partial charge is 0.220 e. The predicted molar refractivity (Wildman–Crippen MR) is 104 cm³/mol. The number of aryl methyl sites for hydroxylation is 1. The van der Waals surface area contributed by atoms with Crippen molar-refractivity contribution >= 4 is 16.7 Å². The van der Waals surface area contributed by atoms with Crippen LogP contribution in [0.4, 0.5) is 0 Å². The standard InChI is InChI=1S/C22H23NO3/c1-25-20-12-10-16(14-21(20)26-2)15-23-22(24)13-11-18-8-5-7-17-6-3-4-9-19(17)18/h3-10,12,14H,11,13,15H2,1-2H3,(H,23,24). The van der Waals surface area contributed by atoms with Gasteiger partial charge in [0, 0.05) is 13.0 Å². The summed E-state index contributed by atoms with van der Waals surface area (Å²) in [5.41, 5.74) is 2.17. The summed E-state index contributed by atoms with van der Waals surface area (Å²) < 4.78 is 10.5. The fourth-order valence-corrected chi connectivity index (χ4v) is 3.04. The van der Waals surface area contributed by atoms with Crippen LogP contribution in [0.25, 0.3) is 10.8 Å². The SMILES string of the molecule is COc1ccc(CNC(=O)CCc2cccc3ccccc23)cc1OC. The summed E-state index contributed by atoms with van der Waals surface area (Å²) in [6.07, 6.45) is 1.18. The lowest BCUT2D eigenvalue weighted by Crippen LogP contribution is -2.23. The van der Waals surface area contributed by atoms with Crippen LogP contribution in [-0.2, 0) is 17.8 Å². The van der Waals surface area contributed by atoms with Crippen molar-refractivity contribution in [3.05, 3.63) is 71.8 Å². The molecule has 0 unspecified atom stereocenters. The van der Waals surface area contributed by atoms with E-state index in [4.69, 9.17) is 9.47 Å². The second kappa shape index (κ2) is 8.39. The van der Waals surface area contributed by atoms with E-state index in [0.29, 0.717) is 24.5 Å². The molecule has 0 aromatic heterocycles. The highest BCUT2D eigenvalue weighted by Crippen LogP contribution is 2.27. The lowest BCUT2D eigenvalue weighted by molar-refractivity contribution is -0.121. The minimum Gasteiger partial charge on any atom is -0.493 e. The van der Waals surface area contributed by atoms with E-state index in [1.807, 2.05) is 36.4 Å². The zero-order valence-corrected chi connectivity index (χ0v) is 15.1. The summed E-state index contributed by atoms with van der Waals surface area (Å²) in [7, 11) is 3.21. The highest BCUT2D eigenvalue weighted by Gasteiger charge is 2.07. The van der Waals surface area contributed by atoms with Gasteiger partial charge in [0.2, 0.25) is 5.91 Å². The third-order valence-corrected chi connectivity index (χ3v) is 4.44. The molecule has 1 amide bonds. The summed E-state index contributed by atoms with van der Waals surface area (Å²) in [5, 5.41) is 5.39. The van der Waals surface area contributed by atoms with Crippen molar-refractivity contribution in [1.29, 1.82) is 0 Å². The molecule has 4 nitrogen and oxygen atoms in total. The first-order valence-electron chi connectivity index (χ1n) is 8.65. The molecule has 3 aromatic rings. The van der Waals surface area contributed by atoms with E-state index in [-0.39, 0.29) is 5.91 Å². The zero-order valence-electron chi connectivity index (χ0n) is 15.1. The molecular weight excluding hydrogens is 326 g/mol. The Kier molecular flexibility index (Phi) is 5.74. The molecule has 0 bridgehead atoms.